The summed E-state index contributed by atoms with van der Waals surface area (Å²) in [6.45, 7) is 8.96. The zero-order valence-corrected chi connectivity index (χ0v) is 10.6. The normalized spacial score (nSPS) is 26.1. The fourth-order valence-electron chi connectivity index (χ4n) is 1.47. The van der Waals surface area contributed by atoms with Crippen LogP contribution in [0.5, 0.6) is 0 Å². The maximum Gasteiger partial charge on any atom is 0.410 e. The molecule has 90 valence electrons. The van der Waals surface area contributed by atoms with Gasteiger partial charge in [0.25, 0.3) is 0 Å². The van der Waals surface area contributed by atoms with Gasteiger partial charge in [-0.2, -0.15) is 0 Å². The molecular weight excluding hydrogens is 216 g/mol. The third-order valence-corrected chi connectivity index (χ3v) is 2.32. The maximum atomic E-state index is 11.6. The van der Waals surface area contributed by atoms with Gasteiger partial charge >= 0.3 is 6.09 Å². The van der Waals surface area contributed by atoms with Crippen LogP contribution in [0, 0.1) is 5.92 Å². The molecule has 2 atom stereocenters. The molecule has 0 aromatic rings. The second-order valence-corrected chi connectivity index (χ2v) is 5.03. The molecule has 1 fully saturated rings. The molecule has 0 spiro atoms. The van der Waals surface area contributed by atoms with E-state index in [1.54, 1.807) is 4.90 Å². The minimum Gasteiger partial charge on any atom is -0.444 e. The summed E-state index contributed by atoms with van der Waals surface area (Å²) in [6.07, 6.45) is -0.252. The van der Waals surface area contributed by atoms with Crippen LogP contribution in [0.4, 0.5) is 4.79 Å². The average Bonchev–Trinajstić information content (AvgIpc) is 2.28. The zero-order chi connectivity index (χ0) is 10.9. The second kappa shape index (κ2) is 5.03. The van der Waals surface area contributed by atoms with E-state index in [1.807, 2.05) is 20.8 Å². The monoisotopic (exact) mass is 236 g/mol. The number of nitrogens with two attached hydrogens (primary N) is 1. The molecule has 1 aliphatic heterocycles. The van der Waals surface area contributed by atoms with Crippen LogP contribution in [0.2, 0.25) is 0 Å². The summed E-state index contributed by atoms with van der Waals surface area (Å²) in [4.78, 5) is 13.3. The highest BCUT2D eigenvalue weighted by atomic mass is 35.5. The van der Waals surface area contributed by atoms with Gasteiger partial charge in [-0.15, -0.1) is 12.4 Å². The maximum absolute atomic E-state index is 11.6. The minimum absolute atomic E-state index is 0. The Morgan fingerprint density at radius 3 is 2.27 bits per heavy atom. The van der Waals surface area contributed by atoms with Crippen molar-refractivity contribution in [2.75, 3.05) is 13.1 Å². The van der Waals surface area contributed by atoms with Crippen LogP contribution in [-0.4, -0.2) is 35.7 Å². The Morgan fingerprint density at radius 2 is 1.93 bits per heavy atom. The summed E-state index contributed by atoms with van der Waals surface area (Å²) in [5.74, 6) is 0.363. The van der Waals surface area contributed by atoms with Crippen molar-refractivity contribution < 1.29 is 9.53 Å². The van der Waals surface area contributed by atoms with E-state index in [9.17, 15) is 4.79 Å². The van der Waals surface area contributed by atoms with Crippen molar-refractivity contribution >= 4 is 18.5 Å². The Balaban J connectivity index is 0.00000196. The van der Waals surface area contributed by atoms with Gasteiger partial charge in [-0.1, -0.05) is 6.92 Å². The number of likely N-dealkylation sites (tertiary alicyclic amines) is 1. The van der Waals surface area contributed by atoms with E-state index in [1.165, 1.54) is 0 Å². The Labute approximate surface area is 97.5 Å². The van der Waals surface area contributed by atoms with Gasteiger partial charge in [0, 0.05) is 19.1 Å². The standard InChI is InChI=1S/C10H20N2O2.ClH/c1-7-5-12(6-8(7)11)9(13)14-10(2,3)4;/h7-8H,5-6,11H2,1-4H3;1H/t7-,8-;/m0./s1. The van der Waals surface area contributed by atoms with Crippen molar-refractivity contribution in [3.05, 3.63) is 0 Å². The molecular formula is C10H21ClN2O2. The predicted octanol–water partition coefficient (Wildman–Crippen LogP) is 1.62. The van der Waals surface area contributed by atoms with E-state index in [4.69, 9.17) is 10.5 Å². The lowest BCUT2D eigenvalue weighted by Crippen LogP contribution is -2.36. The molecule has 1 saturated heterocycles. The second-order valence-electron chi connectivity index (χ2n) is 5.03. The molecule has 0 unspecified atom stereocenters. The number of rotatable bonds is 0. The first-order chi connectivity index (χ1) is 6.29. The molecule has 0 aliphatic carbocycles. The molecule has 4 nitrogen and oxygen atoms in total. The Hall–Kier alpha value is -0.480. The molecule has 1 amide bonds. The first kappa shape index (κ1) is 14.5. The van der Waals surface area contributed by atoms with Crippen molar-refractivity contribution in [3.8, 4) is 0 Å². The van der Waals surface area contributed by atoms with Gasteiger partial charge in [0.1, 0.15) is 5.60 Å². The molecule has 1 aliphatic rings. The van der Waals surface area contributed by atoms with Crippen LogP contribution >= 0.6 is 12.4 Å². The highest BCUT2D eigenvalue weighted by Gasteiger charge is 2.32. The molecule has 0 radical (unpaired) electrons. The number of carbonyl (C=O) groups is 1. The summed E-state index contributed by atoms with van der Waals surface area (Å²) in [7, 11) is 0. The van der Waals surface area contributed by atoms with Crippen LogP contribution in [0.1, 0.15) is 27.7 Å². The smallest absolute Gasteiger partial charge is 0.410 e. The molecule has 15 heavy (non-hydrogen) atoms. The van der Waals surface area contributed by atoms with E-state index >= 15 is 0 Å². The molecule has 1 rings (SSSR count). The molecule has 2 N–H and O–H groups in total. The number of carbonyl (C=O) groups excluding carboxylic acids is 1. The van der Waals surface area contributed by atoms with Crippen LogP contribution in [0.15, 0.2) is 0 Å². The fourth-order valence-corrected chi connectivity index (χ4v) is 1.47. The fraction of sp³-hybridized carbons (Fsp3) is 0.900. The summed E-state index contributed by atoms with van der Waals surface area (Å²) >= 11 is 0. The van der Waals surface area contributed by atoms with Gasteiger partial charge < -0.3 is 15.4 Å². The summed E-state index contributed by atoms with van der Waals surface area (Å²) in [5.41, 5.74) is 5.40. The number of hydrogen-bond acceptors (Lipinski definition) is 3. The van der Waals surface area contributed by atoms with Crippen molar-refractivity contribution in [2.45, 2.75) is 39.3 Å². The molecule has 0 aromatic carbocycles. The lowest BCUT2D eigenvalue weighted by atomic mass is 10.1. The van der Waals surface area contributed by atoms with Gasteiger partial charge in [-0.05, 0) is 26.7 Å². The average molecular weight is 237 g/mol. The van der Waals surface area contributed by atoms with Crippen LogP contribution in [0.25, 0.3) is 0 Å². The van der Waals surface area contributed by atoms with Crippen molar-refractivity contribution in [3.63, 3.8) is 0 Å². The Morgan fingerprint density at radius 1 is 1.40 bits per heavy atom. The van der Waals surface area contributed by atoms with Crippen molar-refractivity contribution in [1.29, 1.82) is 0 Å². The summed E-state index contributed by atoms with van der Waals surface area (Å²) < 4.78 is 5.25. The summed E-state index contributed by atoms with van der Waals surface area (Å²) in [5, 5.41) is 0. The van der Waals surface area contributed by atoms with Crippen molar-refractivity contribution in [1.82, 2.24) is 4.90 Å². The zero-order valence-electron chi connectivity index (χ0n) is 9.82. The van der Waals surface area contributed by atoms with Gasteiger partial charge in [-0.25, -0.2) is 4.79 Å². The molecule has 0 aromatic heterocycles. The topological polar surface area (TPSA) is 55.6 Å². The third-order valence-electron chi connectivity index (χ3n) is 2.32. The van der Waals surface area contributed by atoms with Gasteiger partial charge in [0.2, 0.25) is 0 Å². The van der Waals surface area contributed by atoms with E-state index in [0.717, 1.165) is 0 Å². The van der Waals surface area contributed by atoms with E-state index in [-0.39, 0.29) is 24.5 Å². The van der Waals surface area contributed by atoms with Crippen LogP contribution in [-0.2, 0) is 4.74 Å². The van der Waals surface area contributed by atoms with Crippen molar-refractivity contribution in [2.24, 2.45) is 11.7 Å². The predicted molar refractivity (Wildman–Crippen MR) is 62.2 cm³/mol. The Kier molecular flexibility index (Phi) is 4.87. The van der Waals surface area contributed by atoms with E-state index in [0.29, 0.717) is 19.0 Å². The first-order valence-corrected chi connectivity index (χ1v) is 5.03. The third kappa shape index (κ3) is 4.26. The highest BCUT2D eigenvalue weighted by Crippen LogP contribution is 2.17. The number of amides is 1. The number of nitrogens with zero attached hydrogens (tertiary/aromatic N) is 1. The number of ether oxygens (including phenoxy) is 1. The first-order valence-electron chi connectivity index (χ1n) is 5.03. The van der Waals surface area contributed by atoms with Crippen LogP contribution < -0.4 is 5.73 Å². The molecule has 1 heterocycles. The lowest BCUT2D eigenvalue weighted by Gasteiger charge is -2.24. The largest absolute Gasteiger partial charge is 0.444 e. The molecule has 0 bridgehead atoms. The SMILES string of the molecule is C[C@H]1CN(C(=O)OC(C)(C)C)C[C@@H]1N.Cl. The van der Waals surface area contributed by atoms with E-state index in [2.05, 4.69) is 6.92 Å². The minimum atomic E-state index is -0.424. The molecule has 0 saturated carbocycles. The molecule has 5 heteroatoms. The lowest BCUT2D eigenvalue weighted by molar-refractivity contribution is 0.0287. The highest BCUT2D eigenvalue weighted by molar-refractivity contribution is 5.85. The quantitative estimate of drug-likeness (QED) is 0.696. The van der Waals surface area contributed by atoms with E-state index < -0.39 is 5.60 Å². The number of halogens is 1. The van der Waals surface area contributed by atoms with Gasteiger partial charge in [-0.3, -0.25) is 0 Å². The Bertz CT molecular complexity index is 218. The number of hydrogen-bond donors (Lipinski definition) is 1. The summed E-state index contributed by atoms with van der Waals surface area (Å²) in [6, 6.07) is 0.0857. The van der Waals surface area contributed by atoms with Gasteiger partial charge in [0.15, 0.2) is 0 Å². The van der Waals surface area contributed by atoms with Gasteiger partial charge in [0.05, 0.1) is 0 Å². The van der Waals surface area contributed by atoms with Crippen LogP contribution in [0.3, 0.4) is 0 Å².